The first-order valence-electron chi connectivity index (χ1n) is 9.74. The summed E-state index contributed by atoms with van der Waals surface area (Å²) in [5.41, 5.74) is 1.65. The summed E-state index contributed by atoms with van der Waals surface area (Å²) in [5.74, 6) is 1.15. The third-order valence-electron chi connectivity index (χ3n) is 5.15. The standard InChI is InChI=1S/C21H24N4O4/c1-14-7-16(12-28-14)20(26)23-18-9-22-24(10-18)11-19-5-3-4-6-25(19)21(27)17-8-15(2)29-13-17/h7-10,12-13,19H,3-6,11H2,1-2H3,(H,23,26)/t19-/m1/s1. The maximum Gasteiger partial charge on any atom is 0.259 e. The quantitative estimate of drug-likeness (QED) is 0.711. The smallest absolute Gasteiger partial charge is 0.259 e. The normalized spacial score (nSPS) is 16.8. The second-order valence-corrected chi connectivity index (χ2v) is 7.45. The fraction of sp³-hybridized carbons (Fsp3) is 0.381. The molecule has 4 rings (SSSR count). The van der Waals surface area contributed by atoms with E-state index in [1.54, 1.807) is 36.1 Å². The highest BCUT2D eigenvalue weighted by molar-refractivity contribution is 6.04. The van der Waals surface area contributed by atoms with E-state index in [-0.39, 0.29) is 17.9 Å². The Kier molecular flexibility index (Phi) is 5.24. The van der Waals surface area contributed by atoms with Crippen LogP contribution in [0.4, 0.5) is 5.69 Å². The molecule has 0 spiro atoms. The second-order valence-electron chi connectivity index (χ2n) is 7.45. The molecule has 1 aliphatic rings. The van der Waals surface area contributed by atoms with Gasteiger partial charge in [0.1, 0.15) is 24.0 Å². The van der Waals surface area contributed by atoms with Gasteiger partial charge < -0.3 is 19.1 Å². The van der Waals surface area contributed by atoms with Crippen LogP contribution < -0.4 is 5.32 Å². The maximum absolute atomic E-state index is 12.9. The molecule has 1 fully saturated rings. The lowest BCUT2D eigenvalue weighted by atomic mass is 10.0. The van der Waals surface area contributed by atoms with Crippen molar-refractivity contribution in [3.63, 3.8) is 0 Å². The molecule has 8 nitrogen and oxygen atoms in total. The molecule has 3 aromatic heterocycles. The minimum atomic E-state index is -0.244. The fourth-order valence-electron chi connectivity index (χ4n) is 3.69. The SMILES string of the molecule is Cc1cc(C(=O)Nc2cnn(C[C@H]3CCCCN3C(=O)c3coc(C)c3)c2)co1. The van der Waals surface area contributed by atoms with Crippen molar-refractivity contribution in [3.8, 4) is 0 Å². The van der Waals surface area contributed by atoms with Gasteiger partial charge in [0.2, 0.25) is 0 Å². The number of carbonyl (C=O) groups excluding carboxylic acids is 2. The van der Waals surface area contributed by atoms with Gasteiger partial charge in [0.05, 0.1) is 35.6 Å². The molecule has 152 valence electrons. The predicted octanol–water partition coefficient (Wildman–Crippen LogP) is 3.63. The molecule has 1 atom stereocenters. The average Bonchev–Trinajstić information content (AvgIpc) is 3.44. The van der Waals surface area contributed by atoms with E-state index >= 15 is 0 Å². The molecule has 4 heterocycles. The number of amides is 2. The minimum Gasteiger partial charge on any atom is -0.469 e. The summed E-state index contributed by atoms with van der Waals surface area (Å²) in [6.45, 7) is 4.91. The minimum absolute atomic E-state index is 0.0115. The van der Waals surface area contributed by atoms with Crippen LogP contribution in [0.2, 0.25) is 0 Å². The van der Waals surface area contributed by atoms with E-state index in [9.17, 15) is 9.59 Å². The molecule has 0 bridgehead atoms. The van der Waals surface area contributed by atoms with Crippen LogP contribution in [0.5, 0.6) is 0 Å². The first-order chi connectivity index (χ1) is 14.0. The predicted molar refractivity (Wildman–Crippen MR) is 106 cm³/mol. The number of nitrogens with one attached hydrogen (secondary N) is 1. The summed E-state index contributed by atoms with van der Waals surface area (Å²) in [4.78, 5) is 27.1. The summed E-state index contributed by atoms with van der Waals surface area (Å²) in [6.07, 6.45) is 9.32. The Morgan fingerprint density at radius 2 is 1.86 bits per heavy atom. The zero-order valence-corrected chi connectivity index (χ0v) is 16.6. The van der Waals surface area contributed by atoms with E-state index in [0.717, 1.165) is 31.6 Å². The summed E-state index contributed by atoms with van der Waals surface area (Å²) >= 11 is 0. The molecule has 8 heteroatoms. The van der Waals surface area contributed by atoms with Crippen LogP contribution >= 0.6 is 0 Å². The molecular formula is C21H24N4O4. The van der Waals surface area contributed by atoms with Crippen molar-refractivity contribution < 1.29 is 18.4 Å². The average molecular weight is 396 g/mol. The third kappa shape index (κ3) is 4.26. The first-order valence-corrected chi connectivity index (χ1v) is 9.74. The highest BCUT2D eigenvalue weighted by Crippen LogP contribution is 2.22. The van der Waals surface area contributed by atoms with Gasteiger partial charge in [-0.15, -0.1) is 0 Å². The zero-order chi connectivity index (χ0) is 20.4. The topological polar surface area (TPSA) is 93.5 Å². The van der Waals surface area contributed by atoms with Gasteiger partial charge in [-0.3, -0.25) is 14.3 Å². The molecule has 0 saturated carbocycles. The van der Waals surface area contributed by atoms with Crippen molar-refractivity contribution in [3.05, 3.63) is 59.7 Å². The number of nitrogens with zero attached hydrogens (tertiary/aromatic N) is 3. The number of rotatable bonds is 5. The van der Waals surface area contributed by atoms with Crippen LogP contribution in [-0.2, 0) is 6.54 Å². The number of anilines is 1. The number of likely N-dealkylation sites (tertiary alicyclic amines) is 1. The molecule has 1 aliphatic heterocycles. The summed E-state index contributed by atoms with van der Waals surface area (Å²) in [6, 6.07) is 3.50. The Labute approximate surface area is 168 Å². The molecule has 0 radical (unpaired) electrons. The van der Waals surface area contributed by atoms with Crippen LogP contribution in [0.25, 0.3) is 0 Å². The van der Waals surface area contributed by atoms with E-state index in [1.807, 2.05) is 11.8 Å². The first kappa shape index (κ1) is 19.0. The van der Waals surface area contributed by atoms with Gasteiger partial charge in [0.15, 0.2) is 0 Å². The Balaban J connectivity index is 1.42. The Bertz CT molecular complexity index is 1020. The van der Waals surface area contributed by atoms with E-state index in [1.165, 1.54) is 12.5 Å². The highest BCUT2D eigenvalue weighted by atomic mass is 16.3. The molecule has 1 N–H and O–H groups in total. The van der Waals surface area contributed by atoms with Gasteiger partial charge in [-0.2, -0.15) is 5.10 Å². The Morgan fingerprint density at radius 1 is 1.14 bits per heavy atom. The number of hydrogen-bond donors (Lipinski definition) is 1. The molecule has 1 saturated heterocycles. The van der Waals surface area contributed by atoms with Gasteiger partial charge >= 0.3 is 0 Å². The van der Waals surface area contributed by atoms with E-state index in [2.05, 4.69) is 10.4 Å². The van der Waals surface area contributed by atoms with Gasteiger partial charge in [-0.1, -0.05) is 0 Å². The lowest BCUT2D eigenvalue weighted by Gasteiger charge is -2.35. The molecular weight excluding hydrogens is 372 g/mol. The van der Waals surface area contributed by atoms with Crippen molar-refractivity contribution in [1.82, 2.24) is 14.7 Å². The van der Waals surface area contributed by atoms with Crippen LogP contribution in [0, 0.1) is 13.8 Å². The largest absolute Gasteiger partial charge is 0.469 e. The van der Waals surface area contributed by atoms with Crippen LogP contribution in [0.15, 0.2) is 45.9 Å². The zero-order valence-electron chi connectivity index (χ0n) is 16.6. The summed E-state index contributed by atoms with van der Waals surface area (Å²) in [5, 5.41) is 7.17. The maximum atomic E-state index is 12.9. The number of aryl methyl sites for hydroxylation is 2. The van der Waals surface area contributed by atoms with Crippen LogP contribution in [0.1, 0.15) is 51.5 Å². The second kappa shape index (κ2) is 7.98. The van der Waals surface area contributed by atoms with Gasteiger partial charge in [-0.25, -0.2) is 0 Å². The fourth-order valence-corrected chi connectivity index (χ4v) is 3.69. The summed E-state index contributed by atoms with van der Waals surface area (Å²) in [7, 11) is 0. The van der Waals surface area contributed by atoms with Gasteiger partial charge in [-0.05, 0) is 45.2 Å². The molecule has 2 amide bonds. The molecule has 29 heavy (non-hydrogen) atoms. The molecule has 3 aromatic rings. The van der Waals surface area contributed by atoms with Crippen molar-refractivity contribution >= 4 is 17.5 Å². The van der Waals surface area contributed by atoms with E-state index in [0.29, 0.717) is 29.1 Å². The number of hydrogen-bond acceptors (Lipinski definition) is 5. The lowest BCUT2D eigenvalue weighted by molar-refractivity contribution is 0.0583. The molecule has 0 aliphatic carbocycles. The van der Waals surface area contributed by atoms with E-state index in [4.69, 9.17) is 8.83 Å². The Morgan fingerprint density at radius 3 is 2.55 bits per heavy atom. The van der Waals surface area contributed by atoms with Crippen molar-refractivity contribution in [2.75, 3.05) is 11.9 Å². The van der Waals surface area contributed by atoms with Crippen molar-refractivity contribution in [1.29, 1.82) is 0 Å². The van der Waals surface area contributed by atoms with Crippen molar-refractivity contribution in [2.45, 2.75) is 45.7 Å². The molecule has 0 unspecified atom stereocenters. The lowest BCUT2D eigenvalue weighted by Crippen LogP contribution is -2.45. The Hall–Kier alpha value is -3.29. The van der Waals surface area contributed by atoms with Crippen molar-refractivity contribution in [2.24, 2.45) is 0 Å². The third-order valence-corrected chi connectivity index (χ3v) is 5.15. The summed E-state index contributed by atoms with van der Waals surface area (Å²) < 4.78 is 12.2. The van der Waals surface area contributed by atoms with Crippen LogP contribution in [-0.4, -0.2) is 39.1 Å². The van der Waals surface area contributed by atoms with Gasteiger partial charge in [0, 0.05) is 12.7 Å². The number of carbonyl (C=O) groups is 2. The number of furan rings is 2. The van der Waals surface area contributed by atoms with E-state index < -0.39 is 0 Å². The highest BCUT2D eigenvalue weighted by Gasteiger charge is 2.28. The monoisotopic (exact) mass is 396 g/mol. The number of piperidine rings is 1. The van der Waals surface area contributed by atoms with Crippen LogP contribution in [0.3, 0.4) is 0 Å². The molecule has 0 aromatic carbocycles. The number of aromatic nitrogens is 2. The van der Waals surface area contributed by atoms with Gasteiger partial charge in [0.25, 0.3) is 11.8 Å².